The maximum atomic E-state index is 12.4. The van der Waals surface area contributed by atoms with Crippen molar-refractivity contribution in [3.63, 3.8) is 0 Å². The predicted molar refractivity (Wildman–Crippen MR) is 91.4 cm³/mol. The van der Waals surface area contributed by atoms with Gasteiger partial charge >= 0.3 is 5.63 Å². The molecule has 0 amide bonds. The molecule has 0 aliphatic rings. The smallest absolute Gasteiger partial charge is 0.339 e. The Morgan fingerprint density at radius 1 is 1.16 bits per heavy atom. The Kier molecular flexibility index (Phi) is 4.22. The van der Waals surface area contributed by atoms with Crippen molar-refractivity contribution < 1.29 is 28.5 Å². The minimum absolute atomic E-state index is 0.0589. The lowest BCUT2D eigenvalue weighted by Crippen LogP contribution is -2.38. The summed E-state index contributed by atoms with van der Waals surface area (Å²) < 4.78 is 21.7. The largest absolute Gasteiger partial charge is 0.495 e. The molecule has 0 fully saturated rings. The maximum Gasteiger partial charge on any atom is 0.339 e. The van der Waals surface area contributed by atoms with Crippen LogP contribution in [0.2, 0.25) is 0 Å². The van der Waals surface area contributed by atoms with E-state index in [-0.39, 0.29) is 17.6 Å². The van der Waals surface area contributed by atoms with Gasteiger partial charge in [0.05, 0.1) is 43.0 Å². The van der Waals surface area contributed by atoms with Crippen LogP contribution in [-0.2, 0) is 6.42 Å². The highest BCUT2D eigenvalue weighted by molar-refractivity contribution is 6.06. The fourth-order valence-electron chi connectivity index (χ4n) is 2.77. The van der Waals surface area contributed by atoms with Gasteiger partial charge in [-0.2, -0.15) is 0 Å². The van der Waals surface area contributed by atoms with Crippen LogP contribution >= 0.6 is 0 Å². The lowest BCUT2D eigenvalue weighted by atomic mass is 9.95. The zero-order valence-electron chi connectivity index (χ0n) is 14.5. The summed E-state index contributed by atoms with van der Waals surface area (Å²) in [6.07, 6.45) is 0.306. The van der Waals surface area contributed by atoms with Crippen LogP contribution in [0.3, 0.4) is 0 Å². The SMILES string of the molecule is COc1c2ccoc2c(OC)c2oc(=O)c(C[C@@H](O)C(C)(C)O)cc12. The number of hydrogen-bond donors (Lipinski definition) is 2. The van der Waals surface area contributed by atoms with Gasteiger partial charge in [-0.25, -0.2) is 4.79 Å². The molecule has 0 aliphatic carbocycles. The quantitative estimate of drug-likeness (QED) is 0.682. The van der Waals surface area contributed by atoms with E-state index < -0.39 is 17.3 Å². The van der Waals surface area contributed by atoms with Crippen LogP contribution in [0.4, 0.5) is 0 Å². The minimum Gasteiger partial charge on any atom is -0.495 e. The highest BCUT2D eigenvalue weighted by Crippen LogP contribution is 2.42. The molecule has 0 saturated heterocycles. The predicted octanol–water partition coefficient (Wildman–Crippen LogP) is 2.23. The summed E-state index contributed by atoms with van der Waals surface area (Å²) in [7, 11) is 2.96. The van der Waals surface area contributed by atoms with E-state index in [4.69, 9.17) is 18.3 Å². The summed E-state index contributed by atoms with van der Waals surface area (Å²) >= 11 is 0. The number of aliphatic hydroxyl groups is 2. The third-order valence-electron chi connectivity index (χ3n) is 4.22. The van der Waals surface area contributed by atoms with Crippen LogP contribution in [0.25, 0.3) is 21.9 Å². The highest BCUT2D eigenvalue weighted by atomic mass is 16.5. The van der Waals surface area contributed by atoms with Crippen molar-refractivity contribution in [2.75, 3.05) is 14.2 Å². The molecule has 7 nitrogen and oxygen atoms in total. The molecule has 1 atom stereocenters. The van der Waals surface area contributed by atoms with Crippen molar-refractivity contribution >= 4 is 21.9 Å². The first kappa shape index (κ1) is 17.3. The van der Waals surface area contributed by atoms with Crippen molar-refractivity contribution in [3.8, 4) is 11.5 Å². The zero-order chi connectivity index (χ0) is 18.4. The third-order valence-corrected chi connectivity index (χ3v) is 4.22. The summed E-state index contributed by atoms with van der Waals surface area (Å²) in [6, 6.07) is 3.32. The van der Waals surface area contributed by atoms with E-state index in [1.54, 1.807) is 12.1 Å². The third kappa shape index (κ3) is 2.85. The van der Waals surface area contributed by atoms with Crippen LogP contribution in [0, 0.1) is 0 Å². The second-order valence-corrected chi connectivity index (χ2v) is 6.41. The number of methoxy groups -OCH3 is 2. The summed E-state index contributed by atoms with van der Waals surface area (Å²) in [5.74, 6) is 0.768. The Balaban J connectivity index is 2.29. The Labute approximate surface area is 143 Å². The van der Waals surface area contributed by atoms with Crippen molar-refractivity contribution in [1.29, 1.82) is 0 Å². The van der Waals surface area contributed by atoms with E-state index in [0.29, 0.717) is 27.9 Å². The van der Waals surface area contributed by atoms with Crippen LogP contribution in [0.1, 0.15) is 19.4 Å². The molecule has 2 heterocycles. The topological polar surface area (TPSA) is 102 Å². The average molecular weight is 348 g/mol. The summed E-state index contributed by atoms with van der Waals surface area (Å²) in [5, 5.41) is 21.2. The molecular formula is C18H20O7. The first-order chi connectivity index (χ1) is 11.8. The number of hydrogen-bond acceptors (Lipinski definition) is 7. The molecular weight excluding hydrogens is 328 g/mol. The fraction of sp³-hybridized carbons (Fsp3) is 0.389. The second kappa shape index (κ2) is 6.09. The number of rotatable bonds is 5. The molecule has 0 radical (unpaired) electrons. The lowest BCUT2D eigenvalue weighted by Gasteiger charge is -2.24. The van der Waals surface area contributed by atoms with Gasteiger partial charge in [-0.1, -0.05) is 0 Å². The van der Waals surface area contributed by atoms with E-state index in [1.165, 1.54) is 34.3 Å². The van der Waals surface area contributed by atoms with Gasteiger partial charge < -0.3 is 28.5 Å². The Morgan fingerprint density at radius 3 is 2.44 bits per heavy atom. The first-order valence-electron chi connectivity index (χ1n) is 7.76. The Morgan fingerprint density at radius 2 is 1.84 bits per heavy atom. The van der Waals surface area contributed by atoms with Gasteiger partial charge in [-0.15, -0.1) is 0 Å². The van der Waals surface area contributed by atoms with Gasteiger partial charge in [-0.3, -0.25) is 0 Å². The van der Waals surface area contributed by atoms with Crippen LogP contribution < -0.4 is 15.1 Å². The van der Waals surface area contributed by atoms with Gasteiger partial charge in [0, 0.05) is 12.0 Å². The molecule has 0 spiro atoms. The van der Waals surface area contributed by atoms with Gasteiger partial charge in [0.25, 0.3) is 0 Å². The fourth-order valence-corrected chi connectivity index (χ4v) is 2.77. The lowest BCUT2D eigenvalue weighted by molar-refractivity contribution is -0.0472. The van der Waals surface area contributed by atoms with Gasteiger partial charge in [0.1, 0.15) is 5.75 Å². The van der Waals surface area contributed by atoms with E-state index in [0.717, 1.165) is 0 Å². The molecule has 0 unspecified atom stereocenters. The average Bonchev–Trinajstić information content (AvgIpc) is 3.01. The zero-order valence-corrected chi connectivity index (χ0v) is 14.5. The second-order valence-electron chi connectivity index (χ2n) is 6.41. The van der Waals surface area contributed by atoms with E-state index in [1.807, 2.05) is 0 Å². The summed E-state index contributed by atoms with van der Waals surface area (Å²) in [6.45, 7) is 2.94. The number of fused-ring (bicyclic) bond motifs is 2. The Bertz CT molecular complexity index is 975. The molecule has 134 valence electrons. The normalized spacial score (nSPS) is 13.4. The van der Waals surface area contributed by atoms with Crippen molar-refractivity contribution in [1.82, 2.24) is 0 Å². The molecule has 7 heteroatoms. The minimum atomic E-state index is -1.35. The molecule has 2 N–H and O–H groups in total. The van der Waals surface area contributed by atoms with Gasteiger partial charge in [0.2, 0.25) is 5.75 Å². The van der Waals surface area contributed by atoms with Crippen LogP contribution in [0.5, 0.6) is 11.5 Å². The molecule has 3 aromatic rings. The van der Waals surface area contributed by atoms with Crippen molar-refractivity contribution in [2.45, 2.75) is 32.0 Å². The van der Waals surface area contributed by atoms with Crippen LogP contribution in [-0.4, -0.2) is 36.1 Å². The number of benzene rings is 1. The monoisotopic (exact) mass is 348 g/mol. The molecule has 3 rings (SSSR count). The molecule has 2 aromatic heterocycles. The van der Waals surface area contributed by atoms with Crippen LogP contribution in [0.15, 0.2) is 32.0 Å². The Hall–Kier alpha value is -2.51. The number of aliphatic hydroxyl groups excluding tert-OH is 1. The van der Waals surface area contributed by atoms with Crippen molar-refractivity contribution in [3.05, 3.63) is 34.4 Å². The first-order valence-corrected chi connectivity index (χ1v) is 7.76. The van der Waals surface area contributed by atoms with E-state index in [9.17, 15) is 15.0 Å². The number of furan rings is 1. The summed E-state index contributed by atoms with van der Waals surface area (Å²) in [5.41, 5.74) is -1.13. The molecule has 0 saturated carbocycles. The van der Waals surface area contributed by atoms with E-state index >= 15 is 0 Å². The standard InChI is InChI=1S/C18H20O7/c1-18(2,21)12(19)8-9-7-11-13(22-3)10-5-6-24-14(10)16(23-4)15(11)25-17(9)20/h5-7,12,19,21H,8H2,1-4H3/t12-/m1/s1. The molecule has 0 bridgehead atoms. The summed E-state index contributed by atoms with van der Waals surface area (Å²) in [4.78, 5) is 12.4. The molecule has 25 heavy (non-hydrogen) atoms. The van der Waals surface area contributed by atoms with E-state index in [2.05, 4.69) is 0 Å². The van der Waals surface area contributed by atoms with Gasteiger partial charge in [0.15, 0.2) is 11.2 Å². The maximum absolute atomic E-state index is 12.4. The van der Waals surface area contributed by atoms with Crippen molar-refractivity contribution in [2.24, 2.45) is 0 Å². The molecule has 1 aromatic carbocycles. The number of ether oxygens (including phenoxy) is 2. The molecule has 0 aliphatic heterocycles. The van der Waals surface area contributed by atoms with Gasteiger partial charge in [-0.05, 0) is 26.0 Å². The highest BCUT2D eigenvalue weighted by Gasteiger charge is 2.27.